The Kier molecular flexibility index (Phi) is 6.84. The van der Waals surface area contributed by atoms with Crippen LogP contribution in [0.5, 0.6) is 11.5 Å². The fourth-order valence-electron chi connectivity index (χ4n) is 2.33. The summed E-state index contributed by atoms with van der Waals surface area (Å²) >= 11 is 7.28. The Morgan fingerprint density at radius 2 is 1.89 bits per heavy atom. The highest BCUT2D eigenvalue weighted by Gasteiger charge is 2.21. The number of ether oxygens (including phenoxy) is 3. The molecule has 1 aliphatic rings. The monoisotopic (exact) mass is 407 g/mol. The lowest BCUT2D eigenvalue weighted by Crippen LogP contribution is -2.42. The summed E-state index contributed by atoms with van der Waals surface area (Å²) in [6.45, 7) is 0.261. The number of para-hydroxylation sites is 2. The summed E-state index contributed by atoms with van der Waals surface area (Å²) in [5.74, 6) is 0.527. The molecule has 1 unspecified atom stereocenters. The Hall–Kier alpha value is -2.38. The zero-order valence-corrected chi connectivity index (χ0v) is 15.9. The second-order valence-corrected chi connectivity index (χ2v) is 7.11. The molecule has 0 fully saturated rings. The van der Waals surface area contributed by atoms with E-state index in [2.05, 4.69) is 5.32 Å². The van der Waals surface area contributed by atoms with E-state index in [1.807, 2.05) is 42.5 Å². The Morgan fingerprint density at radius 1 is 1.15 bits per heavy atom. The SMILES string of the molecule is O=C(COC(=O)CSc1ccccc1Cl)NCC1COc2ccccc2O1. The first-order valence-corrected chi connectivity index (χ1v) is 9.66. The number of fused-ring (bicyclic) bond motifs is 1. The maximum atomic E-state index is 11.9. The molecule has 0 aliphatic carbocycles. The van der Waals surface area contributed by atoms with E-state index in [-0.39, 0.29) is 25.0 Å². The fraction of sp³-hybridized carbons (Fsp3) is 0.263. The molecular weight excluding hydrogens is 390 g/mol. The fourth-order valence-corrected chi connectivity index (χ4v) is 3.37. The third-order valence-electron chi connectivity index (χ3n) is 3.64. The van der Waals surface area contributed by atoms with Crippen molar-refractivity contribution in [2.24, 2.45) is 0 Å². The molecule has 0 saturated heterocycles. The van der Waals surface area contributed by atoms with Crippen molar-refractivity contribution in [1.82, 2.24) is 5.32 Å². The van der Waals surface area contributed by atoms with Gasteiger partial charge in [-0.1, -0.05) is 35.9 Å². The van der Waals surface area contributed by atoms with Gasteiger partial charge in [0.2, 0.25) is 0 Å². The molecule has 1 aliphatic heterocycles. The van der Waals surface area contributed by atoms with E-state index >= 15 is 0 Å². The first-order chi connectivity index (χ1) is 13.1. The summed E-state index contributed by atoms with van der Waals surface area (Å²) in [6, 6.07) is 14.6. The van der Waals surface area contributed by atoms with E-state index in [4.69, 9.17) is 25.8 Å². The molecule has 3 rings (SSSR count). The Morgan fingerprint density at radius 3 is 2.70 bits per heavy atom. The van der Waals surface area contributed by atoms with Gasteiger partial charge >= 0.3 is 5.97 Å². The maximum absolute atomic E-state index is 11.9. The molecule has 0 radical (unpaired) electrons. The van der Waals surface area contributed by atoms with Crippen molar-refractivity contribution in [2.45, 2.75) is 11.0 Å². The lowest BCUT2D eigenvalue weighted by Gasteiger charge is -2.26. The van der Waals surface area contributed by atoms with Crippen LogP contribution in [-0.4, -0.2) is 43.5 Å². The van der Waals surface area contributed by atoms with Gasteiger partial charge in [0, 0.05) is 4.90 Å². The van der Waals surface area contributed by atoms with Gasteiger partial charge in [-0.25, -0.2) is 0 Å². The van der Waals surface area contributed by atoms with Crippen molar-refractivity contribution in [3.8, 4) is 11.5 Å². The van der Waals surface area contributed by atoms with Gasteiger partial charge < -0.3 is 19.5 Å². The summed E-state index contributed by atoms with van der Waals surface area (Å²) in [5, 5.41) is 3.25. The number of halogens is 1. The van der Waals surface area contributed by atoms with E-state index < -0.39 is 11.9 Å². The Bertz CT molecular complexity index is 816. The summed E-state index contributed by atoms with van der Waals surface area (Å²) in [5.41, 5.74) is 0. The van der Waals surface area contributed by atoms with E-state index in [9.17, 15) is 9.59 Å². The molecule has 6 nitrogen and oxygen atoms in total. The smallest absolute Gasteiger partial charge is 0.316 e. The molecule has 8 heteroatoms. The Balaban J connectivity index is 1.34. The van der Waals surface area contributed by atoms with Crippen molar-refractivity contribution < 1.29 is 23.8 Å². The number of rotatable bonds is 7. The highest BCUT2D eigenvalue weighted by molar-refractivity contribution is 8.00. The molecule has 0 aromatic heterocycles. The van der Waals surface area contributed by atoms with Crippen LogP contribution in [0.25, 0.3) is 0 Å². The van der Waals surface area contributed by atoms with Crippen molar-refractivity contribution in [3.63, 3.8) is 0 Å². The van der Waals surface area contributed by atoms with Gasteiger partial charge in [0.15, 0.2) is 18.1 Å². The molecule has 1 N–H and O–H groups in total. The number of esters is 1. The molecular formula is C19H18ClNO5S. The Labute approximate surface area is 166 Å². The van der Waals surface area contributed by atoms with E-state index in [0.29, 0.717) is 23.1 Å². The first kappa shape index (κ1) is 19.4. The maximum Gasteiger partial charge on any atom is 0.316 e. The minimum Gasteiger partial charge on any atom is -0.486 e. The van der Waals surface area contributed by atoms with Crippen LogP contribution < -0.4 is 14.8 Å². The number of hydrogen-bond acceptors (Lipinski definition) is 6. The number of hydrogen-bond donors (Lipinski definition) is 1. The lowest BCUT2D eigenvalue weighted by atomic mass is 10.2. The van der Waals surface area contributed by atoms with Crippen LogP contribution in [0, 0.1) is 0 Å². The summed E-state index contributed by atoms with van der Waals surface area (Å²) in [4.78, 5) is 24.4. The van der Waals surface area contributed by atoms with E-state index in [1.54, 1.807) is 6.07 Å². The van der Waals surface area contributed by atoms with Gasteiger partial charge in [0.05, 0.1) is 17.3 Å². The molecule has 0 spiro atoms. The van der Waals surface area contributed by atoms with Gasteiger partial charge in [0.1, 0.15) is 12.7 Å². The largest absolute Gasteiger partial charge is 0.486 e. The average molecular weight is 408 g/mol. The summed E-state index contributed by atoms with van der Waals surface area (Å²) in [7, 11) is 0. The van der Waals surface area contributed by atoms with Crippen molar-refractivity contribution in [3.05, 3.63) is 53.6 Å². The molecule has 0 bridgehead atoms. The quantitative estimate of drug-likeness (QED) is 0.562. The average Bonchev–Trinajstić information content (AvgIpc) is 2.70. The predicted octanol–water partition coefficient (Wildman–Crippen LogP) is 2.93. The number of amides is 1. The van der Waals surface area contributed by atoms with Crippen LogP contribution in [-0.2, 0) is 14.3 Å². The summed E-state index contributed by atoms with van der Waals surface area (Å²) < 4.78 is 16.3. The topological polar surface area (TPSA) is 73.9 Å². The molecule has 1 heterocycles. The third-order valence-corrected chi connectivity index (χ3v) is 5.13. The second kappa shape index (κ2) is 9.53. The third kappa shape index (κ3) is 5.80. The van der Waals surface area contributed by atoms with Gasteiger partial charge in [-0.3, -0.25) is 9.59 Å². The molecule has 2 aromatic carbocycles. The molecule has 0 saturated carbocycles. The van der Waals surface area contributed by atoms with Crippen LogP contribution in [0.15, 0.2) is 53.4 Å². The number of benzene rings is 2. The van der Waals surface area contributed by atoms with Crippen LogP contribution >= 0.6 is 23.4 Å². The van der Waals surface area contributed by atoms with Crippen LogP contribution in [0.1, 0.15) is 0 Å². The lowest BCUT2D eigenvalue weighted by molar-refractivity contribution is -0.146. The van der Waals surface area contributed by atoms with Crippen molar-refractivity contribution in [2.75, 3.05) is 25.5 Å². The van der Waals surface area contributed by atoms with Crippen molar-refractivity contribution >= 4 is 35.2 Å². The van der Waals surface area contributed by atoms with Crippen molar-refractivity contribution in [1.29, 1.82) is 0 Å². The molecule has 1 amide bonds. The van der Waals surface area contributed by atoms with Gasteiger partial charge in [-0.15, -0.1) is 11.8 Å². The second-order valence-electron chi connectivity index (χ2n) is 5.68. The number of nitrogens with one attached hydrogen (secondary N) is 1. The number of thioether (sulfide) groups is 1. The summed E-state index contributed by atoms with van der Waals surface area (Å²) in [6.07, 6.45) is -0.296. The van der Waals surface area contributed by atoms with Gasteiger partial charge in [-0.05, 0) is 24.3 Å². The zero-order chi connectivity index (χ0) is 19.1. The number of carbonyl (C=O) groups excluding carboxylic acids is 2. The van der Waals surface area contributed by atoms with Crippen LogP contribution in [0.4, 0.5) is 0 Å². The standard InChI is InChI=1S/C19H18ClNO5S/c20-14-5-1-4-8-17(14)27-12-19(23)25-11-18(22)21-9-13-10-24-15-6-2-3-7-16(15)26-13/h1-8,13H,9-12H2,(H,21,22). The minimum atomic E-state index is -0.485. The molecule has 1 atom stereocenters. The van der Waals surface area contributed by atoms with Crippen LogP contribution in [0.2, 0.25) is 5.02 Å². The van der Waals surface area contributed by atoms with Gasteiger partial charge in [-0.2, -0.15) is 0 Å². The molecule has 27 heavy (non-hydrogen) atoms. The highest BCUT2D eigenvalue weighted by atomic mass is 35.5. The molecule has 142 valence electrons. The predicted molar refractivity (Wildman–Crippen MR) is 102 cm³/mol. The molecule has 2 aromatic rings. The normalized spacial score (nSPS) is 15.1. The van der Waals surface area contributed by atoms with E-state index in [0.717, 1.165) is 4.90 Å². The van der Waals surface area contributed by atoms with Gasteiger partial charge in [0.25, 0.3) is 5.91 Å². The minimum absolute atomic E-state index is 0.0768. The number of carbonyl (C=O) groups is 2. The first-order valence-electron chi connectivity index (χ1n) is 8.30. The van der Waals surface area contributed by atoms with E-state index in [1.165, 1.54) is 11.8 Å². The highest BCUT2D eigenvalue weighted by Crippen LogP contribution is 2.30. The zero-order valence-electron chi connectivity index (χ0n) is 14.4. The van der Waals surface area contributed by atoms with Crippen LogP contribution in [0.3, 0.4) is 0 Å².